The molecule has 0 aromatic carbocycles. The van der Waals surface area contributed by atoms with Crippen molar-refractivity contribution in [1.82, 2.24) is 4.90 Å². The molecule has 0 fully saturated rings. The molecule has 1 rings (SSSR count). The van der Waals surface area contributed by atoms with Gasteiger partial charge >= 0.3 is 0 Å². The Morgan fingerprint density at radius 3 is 2.82 bits per heavy atom. The summed E-state index contributed by atoms with van der Waals surface area (Å²) in [7, 11) is 0. The van der Waals surface area contributed by atoms with Crippen LogP contribution in [0.2, 0.25) is 0 Å². The lowest BCUT2D eigenvalue weighted by Crippen LogP contribution is -2.43. The first-order valence-corrected chi connectivity index (χ1v) is 4.47. The topological polar surface area (TPSA) is 46.3 Å². The van der Waals surface area contributed by atoms with Crippen molar-refractivity contribution >= 4 is 17.7 Å². The van der Waals surface area contributed by atoms with Crippen LogP contribution in [0.4, 0.5) is 0 Å². The number of hydrogen-bond acceptors (Lipinski definition) is 3. The van der Waals surface area contributed by atoms with E-state index in [2.05, 4.69) is 0 Å². The molecular weight excluding hydrogens is 160 g/mol. The van der Waals surface area contributed by atoms with E-state index < -0.39 is 5.37 Å². The Morgan fingerprint density at radius 1 is 1.73 bits per heavy atom. The van der Waals surface area contributed by atoms with Gasteiger partial charge in [0.15, 0.2) is 0 Å². The molecule has 4 heteroatoms. The van der Waals surface area contributed by atoms with E-state index in [-0.39, 0.29) is 11.9 Å². The molecule has 0 radical (unpaired) electrons. The van der Waals surface area contributed by atoms with Crippen LogP contribution in [0, 0.1) is 0 Å². The van der Waals surface area contributed by atoms with Gasteiger partial charge in [-0.3, -0.25) is 4.79 Å². The third-order valence-corrected chi connectivity index (χ3v) is 2.27. The Kier molecular flexibility index (Phi) is 2.57. The zero-order valence-corrected chi connectivity index (χ0v) is 7.47. The van der Waals surface area contributed by atoms with Crippen LogP contribution in [0.5, 0.6) is 0 Å². The summed E-state index contributed by atoms with van der Waals surface area (Å²) in [5, 5.41) is 1.44. The lowest BCUT2D eigenvalue weighted by atomic mass is 10.3. The molecule has 0 spiro atoms. The highest BCUT2D eigenvalue weighted by Gasteiger charge is 2.24. The summed E-state index contributed by atoms with van der Waals surface area (Å²) in [5.41, 5.74) is 5.53. The van der Waals surface area contributed by atoms with Gasteiger partial charge in [-0.2, -0.15) is 0 Å². The Bertz CT molecular complexity index is 191. The molecule has 1 aliphatic heterocycles. The number of thioether (sulfide) groups is 1. The SMILES string of the molecule is CC(C)N1C=CSC(N)C1=O. The van der Waals surface area contributed by atoms with Crippen LogP contribution in [0.15, 0.2) is 11.6 Å². The zero-order valence-electron chi connectivity index (χ0n) is 6.65. The quantitative estimate of drug-likeness (QED) is 0.634. The van der Waals surface area contributed by atoms with Crippen molar-refractivity contribution < 1.29 is 4.79 Å². The van der Waals surface area contributed by atoms with Gasteiger partial charge in [0.05, 0.1) is 0 Å². The Balaban J connectivity index is 2.73. The minimum absolute atomic E-state index is 0.00694. The van der Waals surface area contributed by atoms with Crippen LogP contribution in [0.3, 0.4) is 0 Å². The first-order valence-electron chi connectivity index (χ1n) is 3.53. The lowest BCUT2D eigenvalue weighted by molar-refractivity contribution is -0.129. The highest BCUT2D eigenvalue weighted by atomic mass is 32.2. The number of carbonyl (C=O) groups is 1. The molecule has 11 heavy (non-hydrogen) atoms. The summed E-state index contributed by atoms with van der Waals surface area (Å²) in [5.74, 6) is -0.00694. The lowest BCUT2D eigenvalue weighted by Gasteiger charge is -2.28. The maximum atomic E-state index is 11.3. The fourth-order valence-electron chi connectivity index (χ4n) is 0.891. The van der Waals surface area contributed by atoms with Crippen LogP contribution >= 0.6 is 11.8 Å². The number of carbonyl (C=O) groups excluding carboxylic acids is 1. The van der Waals surface area contributed by atoms with Gasteiger partial charge in [-0.1, -0.05) is 0 Å². The van der Waals surface area contributed by atoms with Crippen molar-refractivity contribution in [2.75, 3.05) is 0 Å². The molecule has 1 aliphatic rings. The number of nitrogens with two attached hydrogens (primary N) is 1. The smallest absolute Gasteiger partial charge is 0.254 e. The van der Waals surface area contributed by atoms with Crippen LogP contribution in [0.1, 0.15) is 13.8 Å². The van der Waals surface area contributed by atoms with Crippen molar-refractivity contribution in [1.29, 1.82) is 0 Å². The average Bonchev–Trinajstić information content (AvgIpc) is 1.94. The molecule has 0 saturated heterocycles. The average molecular weight is 172 g/mol. The number of amides is 1. The maximum Gasteiger partial charge on any atom is 0.254 e. The molecule has 1 amide bonds. The van der Waals surface area contributed by atoms with Gasteiger partial charge in [0.1, 0.15) is 5.37 Å². The summed E-state index contributed by atoms with van der Waals surface area (Å²) in [6.07, 6.45) is 1.78. The van der Waals surface area contributed by atoms with Crippen LogP contribution in [-0.4, -0.2) is 22.2 Å². The van der Waals surface area contributed by atoms with Gasteiger partial charge in [-0.05, 0) is 19.3 Å². The van der Waals surface area contributed by atoms with Gasteiger partial charge in [-0.15, -0.1) is 11.8 Å². The monoisotopic (exact) mass is 172 g/mol. The van der Waals surface area contributed by atoms with Gasteiger partial charge in [-0.25, -0.2) is 0 Å². The standard InChI is InChI=1S/C7H12N2OS/c1-5(2)9-3-4-11-6(8)7(9)10/h3-6H,8H2,1-2H3. The highest BCUT2D eigenvalue weighted by molar-refractivity contribution is 8.03. The summed E-state index contributed by atoms with van der Waals surface area (Å²) in [6.45, 7) is 3.93. The van der Waals surface area contributed by atoms with Crippen molar-refractivity contribution in [2.45, 2.75) is 25.3 Å². The van der Waals surface area contributed by atoms with E-state index in [0.29, 0.717) is 0 Å². The van der Waals surface area contributed by atoms with E-state index in [9.17, 15) is 4.79 Å². The Labute approximate surface area is 70.6 Å². The molecule has 0 saturated carbocycles. The van der Waals surface area contributed by atoms with Crippen molar-refractivity contribution in [3.8, 4) is 0 Å². The predicted octanol–water partition coefficient (Wildman–Crippen LogP) is 0.726. The minimum Gasteiger partial charge on any atom is -0.314 e. The van der Waals surface area contributed by atoms with E-state index in [1.807, 2.05) is 19.3 Å². The molecule has 0 aromatic rings. The fourth-order valence-corrected chi connectivity index (χ4v) is 1.50. The van der Waals surface area contributed by atoms with E-state index in [0.717, 1.165) is 0 Å². The molecule has 1 atom stereocenters. The molecule has 62 valence electrons. The van der Waals surface area contributed by atoms with Crippen LogP contribution < -0.4 is 5.73 Å². The van der Waals surface area contributed by atoms with Crippen molar-refractivity contribution in [2.24, 2.45) is 5.73 Å². The highest BCUT2D eigenvalue weighted by Crippen LogP contribution is 2.18. The summed E-state index contributed by atoms with van der Waals surface area (Å²) in [6, 6.07) is 0.200. The molecule has 1 unspecified atom stereocenters. The second kappa shape index (κ2) is 3.28. The second-order valence-electron chi connectivity index (χ2n) is 2.68. The predicted molar refractivity (Wildman–Crippen MR) is 46.7 cm³/mol. The Hall–Kier alpha value is -0.480. The zero-order chi connectivity index (χ0) is 8.43. The van der Waals surface area contributed by atoms with E-state index in [1.165, 1.54) is 11.8 Å². The number of hydrogen-bond donors (Lipinski definition) is 1. The summed E-state index contributed by atoms with van der Waals surface area (Å²) < 4.78 is 0. The maximum absolute atomic E-state index is 11.3. The van der Waals surface area contributed by atoms with Gasteiger partial charge in [0.2, 0.25) is 0 Å². The normalized spacial score (nSPS) is 24.9. The summed E-state index contributed by atoms with van der Waals surface area (Å²) in [4.78, 5) is 12.9. The van der Waals surface area contributed by atoms with Gasteiger partial charge < -0.3 is 10.6 Å². The Morgan fingerprint density at radius 2 is 2.36 bits per heavy atom. The number of nitrogens with zero attached hydrogens (tertiary/aromatic N) is 1. The third-order valence-electron chi connectivity index (χ3n) is 1.50. The van der Waals surface area contributed by atoms with E-state index in [4.69, 9.17) is 5.73 Å². The van der Waals surface area contributed by atoms with Crippen LogP contribution in [-0.2, 0) is 4.79 Å². The van der Waals surface area contributed by atoms with E-state index >= 15 is 0 Å². The van der Waals surface area contributed by atoms with E-state index in [1.54, 1.807) is 11.1 Å². The molecular formula is C7H12N2OS. The van der Waals surface area contributed by atoms with Gasteiger partial charge in [0.25, 0.3) is 5.91 Å². The first-order chi connectivity index (χ1) is 5.13. The molecule has 1 heterocycles. The number of rotatable bonds is 1. The van der Waals surface area contributed by atoms with Crippen molar-refractivity contribution in [3.63, 3.8) is 0 Å². The molecule has 0 aromatic heterocycles. The third kappa shape index (κ3) is 1.75. The fraction of sp³-hybridized carbons (Fsp3) is 0.571. The van der Waals surface area contributed by atoms with Crippen LogP contribution in [0.25, 0.3) is 0 Å². The van der Waals surface area contributed by atoms with Crippen molar-refractivity contribution in [3.05, 3.63) is 11.6 Å². The largest absolute Gasteiger partial charge is 0.314 e. The summed E-state index contributed by atoms with van der Waals surface area (Å²) >= 11 is 1.35. The molecule has 2 N–H and O–H groups in total. The minimum atomic E-state index is -0.414. The second-order valence-corrected chi connectivity index (χ2v) is 3.73. The molecule has 0 bridgehead atoms. The molecule has 3 nitrogen and oxygen atoms in total. The first kappa shape index (κ1) is 8.62. The molecule has 0 aliphatic carbocycles. The van der Waals surface area contributed by atoms with Gasteiger partial charge in [0, 0.05) is 12.2 Å².